The number of piperidine rings is 1. The van der Waals surface area contributed by atoms with Gasteiger partial charge < -0.3 is 20.7 Å². The second kappa shape index (κ2) is 16.1. The monoisotopic (exact) mass is 587 g/mol. The number of nitrogens with zero attached hydrogens (tertiary/aromatic N) is 3. The lowest BCUT2D eigenvalue weighted by molar-refractivity contribution is -0.119. The van der Waals surface area contributed by atoms with Crippen LogP contribution in [0.3, 0.4) is 0 Å². The van der Waals surface area contributed by atoms with Crippen LogP contribution in [0.4, 0.5) is 4.39 Å². The van der Waals surface area contributed by atoms with Crippen molar-refractivity contribution in [3.63, 3.8) is 0 Å². The number of thiazole rings is 1. The molecular formula is C31H46FN5O3S. The maximum absolute atomic E-state index is 14.3. The molecule has 0 bridgehead atoms. The predicted molar refractivity (Wildman–Crippen MR) is 167 cm³/mol. The fourth-order valence-electron chi connectivity index (χ4n) is 4.54. The lowest BCUT2D eigenvalue weighted by atomic mass is 9.91. The molecule has 10 heteroatoms. The summed E-state index contributed by atoms with van der Waals surface area (Å²) in [4.78, 5) is 44.5. The molecule has 8 nitrogen and oxygen atoms in total. The summed E-state index contributed by atoms with van der Waals surface area (Å²) < 4.78 is 14.3. The zero-order chi connectivity index (χ0) is 30.7. The molecule has 1 aromatic heterocycles. The number of benzene rings is 1. The predicted octanol–water partition coefficient (Wildman–Crippen LogP) is 6.22. The Morgan fingerprint density at radius 2 is 1.88 bits per heavy atom. The van der Waals surface area contributed by atoms with Gasteiger partial charge in [-0.3, -0.25) is 9.59 Å². The number of rotatable bonds is 7. The van der Waals surface area contributed by atoms with Gasteiger partial charge in [0.2, 0.25) is 6.41 Å². The first-order valence-corrected chi connectivity index (χ1v) is 14.9. The molecule has 2 aliphatic heterocycles. The van der Waals surface area contributed by atoms with Crippen LogP contribution < -0.4 is 11.1 Å². The van der Waals surface area contributed by atoms with Gasteiger partial charge in [-0.1, -0.05) is 13.0 Å². The summed E-state index contributed by atoms with van der Waals surface area (Å²) in [6.07, 6.45) is 5.13. The minimum atomic E-state index is -0.522. The average Bonchev–Trinajstić information content (AvgIpc) is 3.42. The van der Waals surface area contributed by atoms with Crippen LogP contribution in [0.25, 0.3) is 10.4 Å². The third-order valence-corrected chi connectivity index (χ3v) is 8.23. The molecule has 2 aromatic rings. The standard InChI is InChI=1S/C21H26FN3O2S.C6H10N2.C4H8O.H2/c1-13(10-16-6-8-25(12-26)9-7-16)23-21(27)18-11-17(4-5-19(18)22)20-14(2)24-15(3)28-20;1-4-3-6(7)8-5(4)2;1-3-4(2)5;/h4-5,11-13,16H,6-10H2,1-3H3,(H,23,27);3H2,1-2H3,(H2,7,8);3H2,1-2H3;1H/t13-;;;/m0.../s1. The summed E-state index contributed by atoms with van der Waals surface area (Å²) in [5, 5.41) is 3.88. The Kier molecular flexibility index (Phi) is 13.3. The minimum Gasteiger partial charge on any atom is -0.387 e. The molecule has 1 aromatic carbocycles. The number of nitrogens with two attached hydrogens (primary N) is 1. The Balaban J connectivity index is 0.000000522. The number of aliphatic imine (C=N–C) groups is 1. The van der Waals surface area contributed by atoms with Gasteiger partial charge in [-0.05, 0) is 90.0 Å². The Morgan fingerprint density at radius 3 is 2.32 bits per heavy atom. The molecule has 2 amide bonds. The summed E-state index contributed by atoms with van der Waals surface area (Å²) >= 11 is 1.54. The van der Waals surface area contributed by atoms with Crippen molar-refractivity contribution in [1.29, 1.82) is 0 Å². The molecule has 1 fully saturated rings. The van der Waals surface area contributed by atoms with Crippen LogP contribution in [-0.2, 0) is 9.59 Å². The van der Waals surface area contributed by atoms with Gasteiger partial charge in [-0.15, -0.1) is 11.3 Å². The van der Waals surface area contributed by atoms with E-state index >= 15 is 0 Å². The molecule has 0 radical (unpaired) electrons. The number of amides is 2. The minimum absolute atomic E-state index is 0. The second-order valence-electron chi connectivity index (χ2n) is 10.7. The number of carbonyl (C=O) groups is 3. The number of aryl methyl sites for hydroxylation is 2. The summed E-state index contributed by atoms with van der Waals surface area (Å²) in [7, 11) is 0. The van der Waals surface area contributed by atoms with E-state index in [0.717, 1.165) is 77.9 Å². The molecule has 0 aliphatic carbocycles. The van der Waals surface area contributed by atoms with Crippen molar-refractivity contribution in [3.8, 4) is 10.4 Å². The number of hydrogen-bond acceptors (Lipinski definition) is 7. The number of Topliss-reactive ketones (excluding diaryl/α,β-unsaturated/α-hetero) is 1. The van der Waals surface area contributed by atoms with Crippen molar-refractivity contribution in [1.82, 2.24) is 15.2 Å². The molecule has 2 aliphatic rings. The van der Waals surface area contributed by atoms with Gasteiger partial charge in [0, 0.05) is 39.1 Å². The van der Waals surface area contributed by atoms with Gasteiger partial charge >= 0.3 is 0 Å². The fourth-order valence-corrected chi connectivity index (χ4v) is 5.46. The maximum atomic E-state index is 14.3. The van der Waals surface area contributed by atoms with E-state index in [0.29, 0.717) is 12.3 Å². The summed E-state index contributed by atoms with van der Waals surface area (Å²) in [5.41, 5.74) is 9.56. The number of aromatic nitrogens is 1. The first kappa shape index (κ1) is 33.8. The SMILES string of the molecule is CC1=C(C)N=C(N)C1.CCC(C)=O.Cc1nc(C)c(-c2ccc(F)c(C(=O)N[C@@H](C)CC3CCN(C=O)CC3)c2)s1.[HH]. The molecule has 226 valence electrons. The van der Waals surface area contributed by atoms with Crippen LogP contribution in [0.1, 0.15) is 89.2 Å². The molecule has 1 atom stereocenters. The summed E-state index contributed by atoms with van der Waals surface area (Å²) in [6, 6.07) is 4.59. The van der Waals surface area contributed by atoms with Gasteiger partial charge in [0.1, 0.15) is 17.4 Å². The van der Waals surface area contributed by atoms with Gasteiger partial charge in [-0.25, -0.2) is 14.4 Å². The van der Waals surface area contributed by atoms with E-state index in [4.69, 9.17) is 5.73 Å². The highest BCUT2D eigenvalue weighted by molar-refractivity contribution is 7.15. The Labute approximate surface area is 248 Å². The molecular weight excluding hydrogens is 541 g/mol. The van der Waals surface area contributed by atoms with Crippen molar-refractivity contribution in [2.45, 2.75) is 86.6 Å². The van der Waals surface area contributed by atoms with E-state index in [2.05, 4.69) is 22.2 Å². The van der Waals surface area contributed by atoms with Gasteiger partial charge in [0.25, 0.3) is 5.91 Å². The van der Waals surface area contributed by atoms with E-state index in [1.807, 2.05) is 34.6 Å². The third kappa shape index (κ3) is 10.8. The van der Waals surface area contributed by atoms with Crippen LogP contribution in [0.2, 0.25) is 0 Å². The number of allylic oxidation sites excluding steroid dienone is 1. The number of nitrogens with one attached hydrogen (secondary N) is 1. The zero-order valence-electron chi connectivity index (χ0n) is 25.3. The van der Waals surface area contributed by atoms with Crippen molar-refractivity contribution in [2.24, 2.45) is 16.6 Å². The van der Waals surface area contributed by atoms with E-state index < -0.39 is 11.7 Å². The Bertz CT molecular complexity index is 1290. The number of halogens is 1. The molecule has 0 unspecified atom stereocenters. The van der Waals surface area contributed by atoms with Crippen LogP contribution in [-0.4, -0.2) is 53.0 Å². The van der Waals surface area contributed by atoms with Crippen molar-refractivity contribution in [3.05, 3.63) is 51.6 Å². The highest BCUT2D eigenvalue weighted by atomic mass is 32.1. The highest BCUT2D eigenvalue weighted by Gasteiger charge is 2.22. The number of carbonyl (C=O) groups excluding carboxylic acids is 3. The Morgan fingerprint density at radius 1 is 1.24 bits per heavy atom. The maximum Gasteiger partial charge on any atom is 0.254 e. The van der Waals surface area contributed by atoms with E-state index in [1.54, 1.807) is 24.0 Å². The summed E-state index contributed by atoms with van der Waals surface area (Å²) in [6.45, 7) is 14.8. The van der Waals surface area contributed by atoms with Gasteiger partial charge in [0.15, 0.2) is 0 Å². The second-order valence-corrected chi connectivity index (χ2v) is 11.9. The molecule has 3 heterocycles. The molecule has 0 spiro atoms. The first-order chi connectivity index (χ1) is 19.3. The topological polar surface area (TPSA) is 118 Å². The highest BCUT2D eigenvalue weighted by Crippen LogP contribution is 2.31. The smallest absolute Gasteiger partial charge is 0.254 e. The van der Waals surface area contributed by atoms with Crippen LogP contribution in [0.15, 0.2) is 34.5 Å². The average molecular weight is 588 g/mol. The van der Waals surface area contributed by atoms with Crippen molar-refractivity contribution in [2.75, 3.05) is 13.1 Å². The number of amidine groups is 1. The van der Waals surface area contributed by atoms with Crippen LogP contribution >= 0.6 is 11.3 Å². The van der Waals surface area contributed by atoms with Crippen LogP contribution in [0, 0.1) is 25.6 Å². The number of hydrogen-bond donors (Lipinski definition) is 2. The lowest BCUT2D eigenvalue weighted by Crippen LogP contribution is -2.38. The normalized spacial score (nSPS) is 15.7. The molecule has 1 saturated heterocycles. The van der Waals surface area contributed by atoms with Gasteiger partial charge in [0.05, 0.1) is 21.1 Å². The van der Waals surface area contributed by atoms with E-state index in [9.17, 15) is 18.8 Å². The Hall–Kier alpha value is -3.40. The molecule has 41 heavy (non-hydrogen) atoms. The third-order valence-electron chi connectivity index (χ3n) is 7.11. The first-order valence-electron chi connectivity index (χ1n) is 14.1. The largest absolute Gasteiger partial charge is 0.387 e. The van der Waals surface area contributed by atoms with E-state index in [-0.39, 0.29) is 18.8 Å². The van der Waals surface area contributed by atoms with Crippen molar-refractivity contribution < 1.29 is 20.2 Å². The molecule has 0 saturated carbocycles. The number of likely N-dealkylation sites (tertiary alicyclic amines) is 1. The van der Waals surface area contributed by atoms with Crippen molar-refractivity contribution >= 4 is 35.3 Å². The molecule has 4 rings (SSSR count). The summed E-state index contributed by atoms with van der Waals surface area (Å²) in [5.74, 6) is 0.554. The zero-order valence-corrected chi connectivity index (χ0v) is 26.2. The number of ketones is 1. The van der Waals surface area contributed by atoms with Crippen LogP contribution in [0.5, 0.6) is 0 Å². The molecule has 3 N–H and O–H groups in total. The van der Waals surface area contributed by atoms with E-state index in [1.165, 1.54) is 23.0 Å². The fraction of sp³-hybridized carbons (Fsp3) is 0.516. The quantitative estimate of drug-likeness (QED) is 0.373. The lowest BCUT2D eigenvalue weighted by Gasteiger charge is -2.30. The van der Waals surface area contributed by atoms with Gasteiger partial charge in [-0.2, -0.15) is 0 Å².